The summed E-state index contributed by atoms with van der Waals surface area (Å²) in [7, 11) is 0. The van der Waals surface area contributed by atoms with Crippen LogP contribution < -0.4 is 0 Å². The van der Waals surface area contributed by atoms with Crippen molar-refractivity contribution in [2.45, 2.75) is 90.9 Å². The Morgan fingerprint density at radius 2 is 1.20 bits per heavy atom. The van der Waals surface area contributed by atoms with Crippen molar-refractivity contribution in [2.24, 2.45) is 0 Å². The molecule has 0 fully saturated rings. The number of unbranched alkanes of at least 4 members (excludes halogenated alkanes) is 3. The van der Waals surface area contributed by atoms with Gasteiger partial charge in [-0.1, -0.05) is 83.6 Å². The van der Waals surface area contributed by atoms with Crippen molar-refractivity contribution >= 4 is 0 Å². The Labute approximate surface area is 127 Å². The van der Waals surface area contributed by atoms with Gasteiger partial charge in [-0.3, -0.25) is 0 Å². The third-order valence-corrected chi connectivity index (χ3v) is 4.74. The molecule has 0 aliphatic carbocycles. The lowest BCUT2D eigenvalue weighted by molar-refractivity contribution is 0.308. The molecule has 0 atom stereocenters. The summed E-state index contributed by atoms with van der Waals surface area (Å²) >= 11 is 0. The zero-order valence-electron chi connectivity index (χ0n) is 14.2. The van der Waals surface area contributed by atoms with E-state index in [4.69, 9.17) is 0 Å². The van der Waals surface area contributed by atoms with E-state index in [1.54, 1.807) is 5.56 Å². The average molecular weight is 274 g/mol. The van der Waals surface area contributed by atoms with Crippen molar-refractivity contribution in [3.8, 4) is 0 Å². The van der Waals surface area contributed by atoms with Crippen LogP contribution in [0.5, 0.6) is 0 Å². The lowest BCUT2D eigenvalue weighted by atomic mass is 9.68. The summed E-state index contributed by atoms with van der Waals surface area (Å²) in [5.74, 6) is 0. The fraction of sp³-hybridized carbons (Fsp3) is 0.700. The van der Waals surface area contributed by atoms with E-state index >= 15 is 0 Å². The van der Waals surface area contributed by atoms with Crippen LogP contribution in [0.1, 0.15) is 89.7 Å². The van der Waals surface area contributed by atoms with Crippen molar-refractivity contribution in [1.82, 2.24) is 0 Å². The Balaban J connectivity index is 3.08. The fourth-order valence-electron chi connectivity index (χ4n) is 3.49. The van der Waals surface area contributed by atoms with E-state index in [2.05, 4.69) is 52.0 Å². The molecule has 0 spiro atoms. The maximum absolute atomic E-state index is 2.40. The largest absolute Gasteiger partial charge is 0.0654 e. The van der Waals surface area contributed by atoms with Crippen LogP contribution in [-0.2, 0) is 5.41 Å². The number of rotatable bonds is 10. The second-order valence-corrected chi connectivity index (χ2v) is 6.41. The number of aryl methyl sites for hydroxylation is 1. The topological polar surface area (TPSA) is 0 Å². The standard InChI is InChI=1S/C20H34/c1-5-8-15-20(16-9-6-2,17-10-7-3)19-14-12-11-13-18(19)4/h11-14H,5-10,15-17H2,1-4H3. The van der Waals surface area contributed by atoms with Gasteiger partial charge in [-0.25, -0.2) is 0 Å². The van der Waals surface area contributed by atoms with Gasteiger partial charge in [0.15, 0.2) is 0 Å². The number of hydrogen-bond acceptors (Lipinski definition) is 0. The number of benzene rings is 1. The SMILES string of the molecule is CCCCC(CCCC)(CCCC)c1ccccc1C. The normalized spacial score (nSPS) is 11.8. The van der Waals surface area contributed by atoms with Crippen molar-refractivity contribution in [2.75, 3.05) is 0 Å². The van der Waals surface area contributed by atoms with Gasteiger partial charge in [0, 0.05) is 0 Å². The van der Waals surface area contributed by atoms with Gasteiger partial charge in [-0.05, 0) is 42.7 Å². The third kappa shape index (κ3) is 4.65. The average Bonchev–Trinajstić information content (AvgIpc) is 2.48. The van der Waals surface area contributed by atoms with Gasteiger partial charge in [-0.2, -0.15) is 0 Å². The van der Waals surface area contributed by atoms with Crippen LogP contribution in [0.25, 0.3) is 0 Å². The summed E-state index contributed by atoms with van der Waals surface area (Å²) < 4.78 is 0. The molecule has 0 saturated heterocycles. The van der Waals surface area contributed by atoms with E-state index in [1.807, 2.05) is 0 Å². The maximum atomic E-state index is 2.40. The lowest BCUT2D eigenvalue weighted by Crippen LogP contribution is -2.27. The molecule has 0 amide bonds. The summed E-state index contributed by atoms with van der Waals surface area (Å²) in [4.78, 5) is 0. The summed E-state index contributed by atoms with van der Waals surface area (Å²) in [5.41, 5.74) is 3.57. The van der Waals surface area contributed by atoms with Crippen molar-refractivity contribution in [3.05, 3.63) is 35.4 Å². The monoisotopic (exact) mass is 274 g/mol. The van der Waals surface area contributed by atoms with Gasteiger partial charge in [0.1, 0.15) is 0 Å². The third-order valence-electron chi connectivity index (χ3n) is 4.74. The van der Waals surface area contributed by atoms with Gasteiger partial charge in [0.2, 0.25) is 0 Å². The molecule has 0 heteroatoms. The molecule has 0 unspecified atom stereocenters. The Morgan fingerprint density at radius 1 is 0.750 bits per heavy atom. The predicted molar refractivity (Wildman–Crippen MR) is 91.4 cm³/mol. The molecule has 0 aromatic heterocycles. The maximum Gasteiger partial charge on any atom is -0.00444 e. The summed E-state index contributed by atoms with van der Waals surface area (Å²) in [5, 5.41) is 0. The van der Waals surface area contributed by atoms with E-state index in [0.29, 0.717) is 5.41 Å². The van der Waals surface area contributed by atoms with E-state index in [9.17, 15) is 0 Å². The molecular weight excluding hydrogens is 240 g/mol. The molecule has 0 heterocycles. The molecule has 0 nitrogen and oxygen atoms in total. The first-order chi connectivity index (χ1) is 9.70. The van der Waals surface area contributed by atoms with Crippen LogP contribution in [-0.4, -0.2) is 0 Å². The molecule has 20 heavy (non-hydrogen) atoms. The minimum Gasteiger partial charge on any atom is -0.0654 e. The second kappa shape index (κ2) is 9.21. The highest BCUT2D eigenvalue weighted by atomic mass is 14.4. The van der Waals surface area contributed by atoms with Gasteiger partial charge in [-0.15, -0.1) is 0 Å². The van der Waals surface area contributed by atoms with Crippen LogP contribution in [0.2, 0.25) is 0 Å². The predicted octanol–water partition coefficient (Wildman–Crippen LogP) is 6.80. The first-order valence-electron chi connectivity index (χ1n) is 8.76. The smallest absolute Gasteiger partial charge is 0.00444 e. The molecule has 0 saturated carbocycles. The first kappa shape index (κ1) is 17.3. The van der Waals surface area contributed by atoms with E-state index in [0.717, 1.165) is 0 Å². The van der Waals surface area contributed by atoms with E-state index < -0.39 is 0 Å². The minimum absolute atomic E-state index is 0.438. The highest BCUT2D eigenvalue weighted by molar-refractivity contribution is 5.33. The minimum atomic E-state index is 0.438. The van der Waals surface area contributed by atoms with E-state index in [-0.39, 0.29) is 0 Å². The molecule has 1 aromatic carbocycles. The Morgan fingerprint density at radius 3 is 1.60 bits per heavy atom. The lowest BCUT2D eigenvalue weighted by Gasteiger charge is -2.36. The highest BCUT2D eigenvalue weighted by Gasteiger charge is 2.31. The molecule has 1 aromatic rings. The highest BCUT2D eigenvalue weighted by Crippen LogP contribution is 2.41. The van der Waals surface area contributed by atoms with Gasteiger partial charge in [0.05, 0.1) is 0 Å². The first-order valence-corrected chi connectivity index (χ1v) is 8.76. The summed E-state index contributed by atoms with van der Waals surface area (Å²) in [6.07, 6.45) is 12.1. The zero-order valence-corrected chi connectivity index (χ0v) is 14.2. The van der Waals surface area contributed by atoms with E-state index in [1.165, 1.54) is 63.4 Å². The fourth-order valence-corrected chi connectivity index (χ4v) is 3.49. The van der Waals surface area contributed by atoms with Crippen LogP contribution in [0.15, 0.2) is 24.3 Å². The molecular formula is C20H34. The Kier molecular flexibility index (Phi) is 7.95. The van der Waals surface area contributed by atoms with Crippen LogP contribution >= 0.6 is 0 Å². The van der Waals surface area contributed by atoms with Crippen LogP contribution in [0.3, 0.4) is 0 Å². The van der Waals surface area contributed by atoms with Gasteiger partial charge < -0.3 is 0 Å². The van der Waals surface area contributed by atoms with Crippen LogP contribution in [0.4, 0.5) is 0 Å². The Hall–Kier alpha value is -0.780. The molecule has 114 valence electrons. The molecule has 0 N–H and O–H groups in total. The van der Waals surface area contributed by atoms with Crippen molar-refractivity contribution in [3.63, 3.8) is 0 Å². The molecule has 1 rings (SSSR count). The molecule has 0 aliphatic rings. The van der Waals surface area contributed by atoms with Crippen LogP contribution in [0, 0.1) is 6.92 Å². The number of hydrogen-bond donors (Lipinski definition) is 0. The van der Waals surface area contributed by atoms with Gasteiger partial charge in [0.25, 0.3) is 0 Å². The summed E-state index contributed by atoms with van der Waals surface area (Å²) in [6.45, 7) is 9.26. The molecule has 0 bridgehead atoms. The molecule has 0 aliphatic heterocycles. The second-order valence-electron chi connectivity index (χ2n) is 6.41. The van der Waals surface area contributed by atoms with Crippen molar-refractivity contribution in [1.29, 1.82) is 0 Å². The molecule has 0 radical (unpaired) electrons. The Bertz CT molecular complexity index is 342. The van der Waals surface area contributed by atoms with Crippen molar-refractivity contribution < 1.29 is 0 Å². The summed E-state index contributed by atoms with van der Waals surface area (Å²) in [6, 6.07) is 9.12. The van der Waals surface area contributed by atoms with Gasteiger partial charge >= 0.3 is 0 Å². The quantitative estimate of drug-likeness (QED) is 0.440. The zero-order chi connectivity index (χ0) is 14.8.